The molecule has 0 aromatic heterocycles. The van der Waals surface area contributed by atoms with Gasteiger partial charge in [0, 0.05) is 5.56 Å². The number of benzene rings is 1. The van der Waals surface area contributed by atoms with E-state index in [2.05, 4.69) is 0 Å². The lowest BCUT2D eigenvalue weighted by molar-refractivity contribution is 0.266. The summed E-state index contributed by atoms with van der Waals surface area (Å²) in [6, 6.07) is 1.71. The van der Waals surface area contributed by atoms with Gasteiger partial charge in [-0.2, -0.15) is 0 Å². The molecule has 3 heteroatoms. The van der Waals surface area contributed by atoms with Gasteiger partial charge in [-0.25, -0.2) is 4.39 Å². The second kappa shape index (κ2) is 4.54. The van der Waals surface area contributed by atoms with Crippen LogP contribution in [0.3, 0.4) is 0 Å². The minimum absolute atomic E-state index is 0.00708. The van der Waals surface area contributed by atoms with E-state index >= 15 is 0 Å². The number of hydrogen-bond donors (Lipinski definition) is 2. The maximum atomic E-state index is 14.3. The Morgan fingerprint density at radius 2 is 1.44 bits per heavy atom. The van der Waals surface area contributed by atoms with Crippen LogP contribution in [0.1, 0.15) is 58.2 Å². The van der Waals surface area contributed by atoms with Gasteiger partial charge in [0.15, 0.2) is 0 Å². The molecule has 0 radical (unpaired) electrons. The normalized spacial score (nSPS) is 12.9. The SMILES string of the molecule is CC(C)(C)c1cc(C(C)(C)C)c(F)c(CO)c1O. The van der Waals surface area contributed by atoms with Crippen molar-refractivity contribution in [3.8, 4) is 5.75 Å². The van der Waals surface area contributed by atoms with Crippen LogP contribution in [0, 0.1) is 5.82 Å². The maximum absolute atomic E-state index is 14.3. The standard InChI is InChI=1S/C15H23FO2/c1-14(2,3)10-7-11(15(4,5)6)13(18)9(8-17)12(10)16/h7,17-18H,8H2,1-6H3. The molecule has 1 rings (SSSR count). The average Bonchev–Trinajstić information content (AvgIpc) is 2.14. The summed E-state index contributed by atoms with van der Waals surface area (Å²) in [5.74, 6) is -0.633. The van der Waals surface area contributed by atoms with Crippen LogP contribution in [-0.4, -0.2) is 10.2 Å². The van der Waals surface area contributed by atoms with Crippen molar-refractivity contribution in [3.63, 3.8) is 0 Å². The molecule has 1 aromatic rings. The zero-order valence-corrected chi connectivity index (χ0v) is 12.1. The molecule has 1 aromatic carbocycles. The van der Waals surface area contributed by atoms with Crippen LogP contribution in [0.25, 0.3) is 0 Å². The summed E-state index contributed by atoms with van der Waals surface area (Å²) < 4.78 is 14.3. The van der Waals surface area contributed by atoms with E-state index in [0.29, 0.717) is 11.1 Å². The predicted octanol–water partition coefficient (Wildman–Crippen LogP) is 3.62. The Morgan fingerprint density at radius 3 is 1.78 bits per heavy atom. The second-order valence-electron chi connectivity index (χ2n) is 6.77. The van der Waals surface area contributed by atoms with Crippen LogP contribution in [0.5, 0.6) is 5.75 Å². The van der Waals surface area contributed by atoms with E-state index in [1.54, 1.807) is 6.07 Å². The molecule has 0 aliphatic carbocycles. The van der Waals surface area contributed by atoms with E-state index in [9.17, 15) is 14.6 Å². The van der Waals surface area contributed by atoms with E-state index in [1.165, 1.54) is 0 Å². The molecule has 0 amide bonds. The summed E-state index contributed by atoms with van der Waals surface area (Å²) in [5, 5.41) is 19.4. The van der Waals surface area contributed by atoms with Gasteiger partial charge in [-0.3, -0.25) is 0 Å². The molecule has 102 valence electrons. The molecule has 0 bridgehead atoms. The zero-order valence-electron chi connectivity index (χ0n) is 12.1. The first-order chi connectivity index (χ1) is 8.00. The predicted molar refractivity (Wildman–Crippen MR) is 71.4 cm³/mol. The zero-order chi connectivity index (χ0) is 14.3. The minimum atomic E-state index is -0.504. The first-order valence-corrected chi connectivity index (χ1v) is 6.16. The number of aliphatic hydroxyl groups excluding tert-OH is 1. The molecule has 18 heavy (non-hydrogen) atoms. The van der Waals surface area contributed by atoms with E-state index < -0.39 is 12.4 Å². The molecule has 0 spiro atoms. The summed E-state index contributed by atoms with van der Waals surface area (Å²) in [7, 11) is 0. The first kappa shape index (κ1) is 15.0. The van der Waals surface area contributed by atoms with Crippen LogP contribution in [0.4, 0.5) is 4.39 Å². The highest BCUT2D eigenvalue weighted by Gasteiger charge is 2.28. The highest BCUT2D eigenvalue weighted by Crippen LogP contribution is 2.39. The largest absolute Gasteiger partial charge is 0.507 e. The van der Waals surface area contributed by atoms with Crippen molar-refractivity contribution in [2.24, 2.45) is 0 Å². The fourth-order valence-corrected chi connectivity index (χ4v) is 1.97. The Kier molecular flexibility index (Phi) is 3.78. The van der Waals surface area contributed by atoms with Crippen LogP contribution >= 0.6 is 0 Å². The fraction of sp³-hybridized carbons (Fsp3) is 0.600. The summed E-state index contributed by atoms with van der Waals surface area (Å²) in [4.78, 5) is 0. The van der Waals surface area contributed by atoms with Crippen molar-refractivity contribution < 1.29 is 14.6 Å². The summed E-state index contributed by atoms with van der Waals surface area (Å²) in [6.45, 7) is 11.1. The number of aromatic hydroxyl groups is 1. The molecule has 0 fully saturated rings. The molecule has 0 aliphatic rings. The fourth-order valence-electron chi connectivity index (χ4n) is 1.97. The second-order valence-corrected chi connectivity index (χ2v) is 6.77. The average molecular weight is 254 g/mol. The lowest BCUT2D eigenvalue weighted by atomic mass is 9.78. The van der Waals surface area contributed by atoms with Crippen molar-refractivity contribution in [1.29, 1.82) is 0 Å². The number of hydrogen-bond acceptors (Lipinski definition) is 2. The van der Waals surface area contributed by atoms with Gasteiger partial charge >= 0.3 is 0 Å². The minimum Gasteiger partial charge on any atom is -0.507 e. The lowest BCUT2D eigenvalue weighted by Crippen LogP contribution is -2.20. The third-order valence-electron chi connectivity index (χ3n) is 3.11. The summed E-state index contributed by atoms with van der Waals surface area (Å²) in [5.41, 5.74) is 0.503. The Morgan fingerprint density at radius 1 is 1.00 bits per heavy atom. The van der Waals surface area contributed by atoms with E-state index in [1.807, 2.05) is 41.5 Å². The third-order valence-corrected chi connectivity index (χ3v) is 3.11. The van der Waals surface area contributed by atoms with Gasteiger partial charge < -0.3 is 10.2 Å². The number of halogens is 1. The van der Waals surface area contributed by atoms with Crippen LogP contribution < -0.4 is 0 Å². The Balaban J connectivity index is 3.68. The van der Waals surface area contributed by atoms with Crippen LogP contribution in [-0.2, 0) is 17.4 Å². The van der Waals surface area contributed by atoms with Crippen molar-refractivity contribution in [2.45, 2.75) is 59.0 Å². The van der Waals surface area contributed by atoms with Gasteiger partial charge in [-0.15, -0.1) is 0 Å². The first-order valence-electron chi connectivity index (χ1n) is 6.16. The van der Waals surface area contributed by atoms with E-state index in [0.717, 1.165) is 0 Å². The molecular formula is C15H23FO2. The van der Waals surface area contributed by atoms with Gasteiger partial charge in [-0.05, 0) is 22.5 Å². The topological polar surface area (TPSA) is 40.5 Å². The van der Waals surface area contributed by atoms with Gasteiger partial charge in [0.2, 0.25) is 0 Å². The molecule has 0 saturated heterocycles. The molecule has 0 aliphatic heterocycles. The van der Waals surface area contributed by atoms with Gasteiger partial charge in [0.05, 0.1) is 12.2 Å². The monoisotopic (exact) mass is 254 g/mol. The Labute approximate surface area is 108 Å². The van der Waals surface area contributed by atoms with Gasteiger partial charge in [-0.1, -0.05) is 41.5 Å². The van der Waals surface area contributed by atoms with Crippen molar-refractivity contribution in [2.75, 3.05) is 0 Å². The lowest BCUT2D eigenvalue weighted by Gasteiger charge is -2.28. The highest BCUT2D eigenvalue weighted by molar-refractivity contribution is 5.49. The number of aliphatic hydroxyl groups is 1. The van der Waals surface area contributed by atoms with E-state index in [-0.39, 0.29) is 22.1 Å². The molecular weight excluding hydrogens is 231 g/mol. The quantitative estimate of drug-likeness (QED) is 0.803. The Hall–Kier alpha value is -1.09. The van der Waals surface area contributed by atoms with Crippen molar-refractivity contribution in [3.05, 3.63) is 28.6 Å². The number of rotatable bonds is 1. The third kappa shape index (κ3) is 2.66. The molecule has 0 atom stereocenters. The molecule has 0 heterocycles. The highest BCUT2D eigenvalue weighted by atomic mass is 19.1. The molecule has 2 N–H and O–H groups in total. The summed E-state index contributed by atoms with van der Waals surface area (Å²) in [6.07, 6.45) is 0. The van der Waals surface area contributed by atoms with Crippen LogP contribution in [0.2, 0.25) is 0 Å². The number of phenols is 1. The van der Waals surface area contributed by atoms with Crippen LogP contribution in [0.15, 0.2) is 6.07 Å². The smallest absolute Gasteiger partial charge is 0.136 e. The molecule has 0 saturated carbocycles. The Bertz CT molecular complexity index is 413. The summed E-state index contributed by atoms with van der Waals surface area (Å²) >= 11 is 0. The van der Waals surface area contributed by atoms with Crippen molar-refractivity contribution in [1.82, 2.24) is 0 Å². The maximum Gasteiger partial charge on any atom is 0.136 e. The molecule has 2 nitrogen and oxygen atoms in total. The van der Waals surface area contributed by atoms with E-state index in [4.69, 9.17) is 0 Å². The van der Waals surface area contributed by atoms with Crippen molar-refractivity contribution >= 4 is 0 Å². The molecule has 0 unspecified atom stereocenters. The van der Waals surface area contributed by atoms with Gasteiger partial charge in [0.25, 0.3) is 0 Å². The van der Waals surface area contributed by atoms with Gasteiger partial charge in [0.1, 0.15) is 11.6 Å².